The molecule has 0 saturated carbocycles. The molecule has 55 heavy (non-hydrogen) atoms. The summed E-state index contributed by atoms with van der Waals surface area (Å²) in [4.78, 5) is 0. The van der Waals surface area contributed by atoms with Gasteiger partial charge in [0.25, 0.3) is 0 Å². The minimum atomic E-state index is 0.911. The standard InChI is InChI=1S/C54H32O/c1-3-14-36-29-40(23-21-33(36)11-1)50-44-19-9-10-20-45(44)51(41-24-22-34-12-2-4-15-37(34)30-41)48-32-39(25-27-46(48)50)47-31-38-16-6-8-18-43(38)53-52-42-17-7-5-13-35(42)26-28-49(52)55-54(47)53/h1-32H. The van der Waals surface area contributed by atoms with Gasteiger partial charge in [0.1, 0.15) is 11.2 Å². The Morgan fingerprint density at radius 1 is 0.273 bits per heavy atom. The molecule has 11 aromatic carbocycles. The van der Waals surface area contributed by atoms with Crippen LogP contribution in [0.4, 0.5) is 0 Å². The van der Waals surface area contributed by atoms with Crippen molar-refractivity contribution in [3.8, 4) is 33.4 Å². The van der Waals surface area contributed by atoms with Gasteiger partial charge in [-0.05, 0) is 123 Å². The van der Waals surface area contributed by atoms with Crippen LogP contribution in [0.1, 0.15) is 0 Å². The summed E-state index contributed by atoms with van der Waals surface area (Å²) in [7, 11) is 0. The van der Waals surface area contributed by atoms with Gasteiger partial charge in [0.2, 0.25) is 0 Å². The van der Waals surface area contributed by atoms with Crippen molar-refractivity contribution >= 4 is 86.6 Å². The van der Waals surface area contributed by atoms with Crippen LogP contribution in [0.15, 0.2) is 199 Å². The number of hydrogen-bond acceptors (Lipinski definition) is 1. The molecule has 0 radical (unpaired) electrons. The molecule has 12 rings (SSSR count). The lowest BCUT2D eigenvalue weighted by molar-refractivity contribution is 0.670. The lowest BCUT2D eigenvalue weighted by atomic mass is 9.84. The molecule has 254 valence electrons. The summed E-state index contributed by atoms with van der Waals surface area (Å²) in [6.07, 6.45) is 0. The maximum absolute atomic E-state index is 6.93. The Hall–Kier alpha value is -7.22. The van der Waals surface area contributed by atoms with Crippen molar-refractivity contribution in [2.45, 2.75) is 0 Å². The molecule has 1 heterocycles. The van der Waals surface area contributed by atoms with Gasteiger partial charge in [-0.1, -0.05) is 164 Å². The summed E-state index contributed by atoms with van der Waals surface area (Å²) >= 11 is 0. The van der Waals surface area contributed by atoms with Gasteiger partial charge in [-0.15, -0.1) is 0 Å². The molecular formula is C54H32O. The molecule has 0 aliphatic heterocycles. The van der Waals surface area contributed by atoms with Crippen LogP contribution in [-0.2, 0) is 0 Å². The van der Waals surface area contributed by atoms with Gasteiger partial charge in [-0.25, -0.2) is 0 Å². The summed E-state index contributed by atoms with van der Waals surface area (Å²) in [5.74, 6) is 0. The van der Waals surface area contributed by atoms with E-state index in [-0.39, 0.29) is 0 Å². The molecule has 0 unspecified atom stereocenters. The molecule has 1 nitrogen and oxygen atoms in total. The molecule has 1 aromatic heterocycles. The lowest BCUT2D eigenvalue weighted by Crippen LogP contribution is -1.92. The summed E-state index contributed by atoms with van der Waals surface area (Å²) in [6.45, 7) is 0. The molecule has 0 spiro atoms. The van der Waals surface area contributed by atoms with Crippen LogP contribution < -0.4 is 0 Å². The maximum atomic E-state index is 6.93. The molecule has 0 N–H and O–H groups in total. The fourth-order valence-corrected chi connectivity index (χ4v) is 9.26. The van der Waals surface area contributed by atoms with Crippen molar-refractivity contribution in [1.82, 2.24) is 0 Å². The third-order valence-corrected chi connectivity index (χ3v) is 11.8. The molecule has 12 aromatic rings. The Bertz CT molecular complexity index is 3550. The number of hydrogen-bond donors (Lipinski definition) is 0. The van der Waals surface area contributed by atoms with E-state index in [1.54, 1.807) is 0 Å². The molecule has 0 fully saturated rings. The van der Waals surface area contributed by atoms with Gasteiger partial charge in [0.05, 0.1) is 0 Å². The van der Waals surface area contributed by atoms with Crippen LogP contribution in [0.3, 0.4) is 0 Å². The Kier molecular flexibility index (Phi) is 6.40. The highest BCUT2D eigenvalue weighted by molar-refractivity contribution is 6.29. The lowest BCUT2D eigenvalue weighted by Gasteiger charge is -2.19. The zero-order chi connectivity index (χ0) is 36.0. The van der Waals surface area contributed by atoms with Crippen LogP contribution in [0.25, 0.3) is 120 Å². The highest BCUT2D eigenvalue weighted by Crippen LogP contribution is 2.48. The monoisotopic (exact) mass is 696 g/mol. The van der Waals surface area contributed by atoms with E-state index in [4.69, 9.17) is 4.42 Å². The topological polar surface area (TPSA) is 13.1 Å². The minimum absolute atomic E-state index is 0.911. The average molecular weight is 697 g/mol. The maximum Gasteiger partial charge on any atom is 0.143 e. The van der Waals surface area contributed by atoms with Gasteiger partial charge in [0.15, 0.2) is 0 Å². The Labute approximate surface area is 317 Å². The molecule has 0 saturated heterocycles. The van der Waals surface area contributed by atoms with E-state index in [1.165, 1.54) is 97.7 Å². The predicted molar refractivity (Wildman–Crippen MR) is 235 cm³/mol. The van der Waals surface area contributed by atoms with Crippen LogP contribution in [0, 0.1) is 0 Å². The summed E-state index contributed by atoms with van der Waals surface area (Å²) in [6, 6.07) is 71.2. The first kappa shape index (κ1) is 30.3. The van der Waals surface area contributed by atoms with Crippen molar-refractivity contribution in [2.24, 2.45) is 0 Å². The largest absolute Gasteiger partial charge is 0.455 e. The Morgan fingerprint density at radius 2 is 0.745 bits per heavy atom. The molecule has 0 bridgehead atoms. The van der Waals surface area contributed by atoms with E-state index < -0.39 is 0 Å². The first-order valence-electron chi connectivity index (χ1n) is 19.0. The second-order valence-electron chi connectivity index (χ2n) is 14.8. The average Bonchev–Trinajstić information content (AvgIpc) is 3.65. The van der Waals surface area contributed by atoms with E-state index in [2.05, 4.69) is 194 Å². The zero-order valence-electron chi connectivity index (χ0n) is 29.9. The summed E-state index contributed by atoms with van der Waals surface area (Å²) < 4.78 is 6.93. The molecular weight excluding hydrogens is 665 g/mol. The molecule has 1 heteroatoms. The van der Waals surface area contributed by atoms with E-state index in [0.717, 1.165) is 22.3 Å². The molecule has 0 atom stereocenters. The third-order valence-electron chi connectivity index (χ3n) is 11.8. The van der Waals surface area contributed by atoms with E-state index in [9.17, 15) is 0 Å². The second kappa shape index (κ2) is 11.6. The van der Waals surface area contributed by atoms with Gasteiger partial charge >= 0.3 is 0 Å². The highest BCUT2D eigenvalue weighted by atomic mass is 16.3. The van der Waals surface area contributed by atoms with Crippen molar-refractivity contribution in [3.63, 3.8) is 0 Å². The summed E-state index contributed by atoms with van der Waals surface area (Å²) in [5, 5.41) is 17.1. The number of fused-ring (bicyclic) bond motifs is 11. The first-order chi connectivity index (χ1) is 27.3. The minimum Gasteiger partial charge on any atom is -0.455 e. The number of benzene rings is 11. The normalized spacial score (nSPS) is 12.0. The van der Waals surface area contributed by atoms with Crippen molar-refractivity contribution < 1.29 is 4.42 Å². The van der Waals surface area contributed by atoms with Gasteiger partial charge in [-0.3, -0.25) is 0 Å². The SMILES string of the molecule is c1ccc2cc(-c3c4ccccc4c(-c4ccc5ccccc5c4)c4cc(-c5cc6ccccc6c6c5oc5ccc7ccccc7c56)ccc34)ccc2c1. The van der Waals surface area contributed by atoms with Crippen molar-refractivity contribution in [2.75, 3.05) is 0 Å². The van der Waals surface area contributed by atoms with Crippen LogP contribution in [0.2, 0.25) is 0 Å². The number of rotatable bonds is 3. The fourth-order valence-electron chi connectivity index (χ4n) is 9.26. The van der Waals surface area contributed by atoms with Gasteiger partial charge in [-0.2, -0.15) is 0 Å². The zero-order valence-corrected chi connectivity index (χ0v) is 29.9. The highest BCUT2D eigenvalue weighted by Gasteiger charge is 2.21. The quantitative estimate of drug-likeness (QED) is 0.168. The van der Waals surface area contributed by atoms with Crippen LogP contribution >= 0.6 is 0 Å². The predicted octanol–water partition coefficient (Wildman–Crippen LogP) is 15.5. The third kappa shape index (κ3) is 4.54. The molecule has 0 amide bonds. The molecule has 0 aliphatic carbocycles. The van der Waals surface area contributed by atoms with Gasteiger partial charge in [0, 0.05) is 16.3 Å². The van der Waals surface area contributed by atoms with Crippen molar-refractivity contribution in [1.29, 1.82) is 0 Å². The van der Waals surface area contributed by atoms with Crippen LogP contribution in [-0.4, -0.2) is 0 Å². The van der Waals surface area contributed by atoms with Crippen LogP contribution in [0.5, 0.6) is 0 Å². The summed E-state index contributed by atoms with van der Waals surface area (Å²) in [5.41, 5.74) is 8.99. The van der Waals surface area contributed by atoms with Gasteiger partial charge < -0.3 is 4.42 Å². The van der Waals surface area contributed by atoms with Crippen molar-refractivity contribution in [3.05, 3.63) is 194 Å². The Morgan fingerprint density at radius 3 is 1.40 bits per heavy atom. The van der Waals surface area contributed by atoms with E-state index in [1.807, 2.05) is 0 Å². The van der Waals surface area contributed by atoms with E-state index >= 15 is 0 Å². The smallest absolute Gasteiger partial charge is 0.143 e. The van der Waals surface area contributed by atoms with E-state index in [0.29, 0.717) is 0 Å². The first-order valence-corrected chi connectivity index (χ1v) is 19.0. The second-order valence-corrected chi connectivity index (χ2v) is 14.8. The Balaban J connectivity index is 1.22. The molecule has 0 aliphatic rings. The fraction of sp³-hybridized carbons (Fsp3) is 0. The number of furan rings is 1.